The van der Waals surface area contributed by atoms with Crippen molar-refractivity contribution in [1.82, 2.24) is 5.32 Å². The van der Waals surface area contributed by atoms with Gasteiger partial charge in [0.2, 0.25) is 0 Å². The van der Waals surface area contributed by atoms with E-state index in [-0.39, 0.29) is 16.9 Å². The zero-order valence-corrected chi connectivity index (χ0v) is 12.8. The van der Waals surface area contributed by atoms with Crippen molar-refractivity contribution in [2.24, 2.45) is 0 Å². The van der Waals surface area contributed by atoms with Gasteiger partial charge in [0.05, 0.1) is 6.10 Å². The summed E-state index contributed by atoms with van der Waals surface area (Å²) in [7, 11) is 0. The average Bonchev–Trinajstić information content (AvgIpc) is 2.26. The predicted molar refractivity (Wildman–Crippen MR) is 80.0 cm³/mol. The van der Waals surface area contributed by atoms with E-state index in [0.29, 0.717) is 0 Å². The molecule has 2 atom stereocenters. The van der Waals surface area contributed by atoms with E-state index in [2.05, 4.69) is 57.3 Å². The highest BCUT2D eigenvalue weighted by Gasteiger charge is 2.11. The van der Waals surface area contributed by atoms with E-state index in [9.17, 15) is 5.11 Å². The molecule has 0 aliphatic carbocycles. The van der Waals surface area contributed by atoms with Crippen molar-refractivity contribution < 1.29 is 5.11 Å². The van der Waals surface area contributed by atoms with Crippen molar-refractivity contribution in [3.63, 3.8) is 0 Å². The maximum Gasteiger partial charge on any atom is 0.0631 e. The maximum absolute atomic E-state index is 9.53. The molecular weight excluding hydrogens is 242 g/mol. The Kier molecular flexibility index (Phi) is 5.70. The van der Waals surface area contributed by atoms with Gasteiger partial charge in [-0.05, 0) is 45.4 Å². The number of rotatable bonds is 5. The SMILES string of the molecule is CC(O)C(C)Sc1cccc(CNC(C)(C)C)c1. The van der Waals surface area contributed by atoms with Gasteiger partial charge in [-0.25, -0.2) is 0 Å². The smallest absolute Gasteiger partial charge is 0.0631 e. The molecule has 0 aliphatic rings. The first kappa shape index (κ1) is 15.5. The van der Waals surface area contributed by atoms with Crippen LogP contribution >= 0.6 is 11.8 Å². The Balaban J connectivity index is 2.62. The lowest BCUT2D eigenvalue weighted by molar-refractivity contribution is 0.196. The minimum atomic E-state index is -0.286. The third kappa shape index (κ3) is 5.89. The Labute approximate surface area is 115 Å². The van der Waals surface area contributed by atoms with Gasteiger partial charge in [0.15, 0.2) is 0 Å². The molecule has 0 heterocycles. The van der Waals surface area contributed by atoms with Gasteiger partial charge in [0, 0.05) is 22.2 Å². The van der Waals surface area contributed by atoms with Crippen molar-refractivity contribution in [2.45, 2.75) is 63.0 Å². The largest absolute Gasteiger partial charge is 0.392 e. The molecule has 0 aromatic heterocycles. The molecule has 3 heteroatoms. The van der Waals surface area contributed by atoms with Gasteiger partial charge in [0.1, 0.15) is 0 Å². The predicted octanol–water partition coefficient (Wildman–Crippen LogP) is 3.44. The number of aliphatic hydroxyl groups excluding tert-OH is 1. The minimum absolute atomic E-state index is 0.135. The molecule has 1 aromatic rings. The fourth-order valence-corrected chi connectivity index (χ4v) is 2.41. The highest BCUT2D eigenvalue weighted by Crippen LogP contribution is 2.26. The topological polar surface area (TPSA) is 32.3 Å². The van der Waals surface area contributed by atoms with Crippen LogP contribution in [0.2, 0.25) is 0 Å². The molecule has 0 fully saturated rings. The van der Waals surface area contributed by atoms with Crippen LogP contribution in [0.15, 0.2) is 29.2 Å². The molecule has 1 aromatic carbocycles. The van der Waals surface area contributed by atoms with Gasteiger partial charge in [-0.1, -0.05) is 19.1 Å². The molecule has 0 radical (unpaired) electrons. The van der Waals surface area contributed by atoms with E-state index in [1.54, 1.807) is 11.8 Å². The molecule has 1 rings (SSSR count). The van der Waals surface area contributed by atoms with E-state index in [1.807, 2.05) is 6.92 Å². The number of nitrogens with one attached hydrogen (secondary N) is 1. The summed E-state index contributed by atoms with van der Waals surface area (Å²) in [6, 6.07) is 8.51. The summed E-state index contributed by atoms with van der Waals surface area (Å²) in [5.74, 6) is 0. The van der Waals surface area contributed by atoms with Crippen LogP contribution in [-0.2, 0) is 6.54 Å². The fraction of sp³-hybridized carbons (Fsp3) is 0.600. The van der Waals surface area contributed by atoms with Crippen LogP contribution < -0.4 is 5.32 Å². The quantitative estimate of drug-likeness (QED) is 0.802. The van der Waals surface area contributed by atoms with Gasteiger partial charge in [0.25, 0.3) is 0 Å². The standard InChI is InChI=1S/C15H25NOS/c1-11(17)12(2)18-14-8-6-7-13(9-14)10-16-15(3,4)5/h6-9,11-12,16-17H,10H2,1-5H3. The molecule has 102 valence electrons. The molecule has 2 N–H and O–H groups in total. The van der Waals surface area contributed by atoms with Crippen molar-refractivity contribution in [2.75, 3.05) is 0 Å². The zero-order chi connectivity index (χ0) is 13.8. The number of hydrogen-bond acceptors (Lipinski definition) is 3. The Morgan fingerprint density at radius 3 is 2.50 bits per heavy atom. The third-order valence-corrected chi connectivity index (χ3v) is 4.01. The van der Waals surface area contributed by atoms with Crippen molar-refractivity contribution in [3.8, 4) is 0 Å². The van der Waals surface area contributed by atoms with E-state index in [1.165, 1.54) is 10.5 Å². The van der Waals surface area contributed by atoms with E-state index < -0.39 is 0 Å². The Morgan fingerprint density at radius 2 is 1.94 bits per heavy atom. The van der Waals surface area contributed by atoms with Crippen LogP contribution in [-0.4, -0.2) is 22.0 Å². The van der Waals surface area contributed by atoms with Crippen LogP contribution in [0, 0.1) is 0 Å². The number of aliphatic hydroxyl groups is 1. The molecule has 0 bridgehead atoms. The van der Waals surface area contributed by atoms with E-state index in [4.69, 9.17) is 0 Å². The monoisotopic (exact) mass is 267 g/mol. The second kappa shape index (κ2) is 6.60. The number of thioether (sulfide) groups is 1. The summed E-state index contributed by atoms with van der Waals surface area (Å²) in [5.41, 5.74) is 1.42. The first-order valence-corrected chi connectivity index (χ1v) is 7.34. The molecular formula is C15H25NOS. The maximum atomic E-state index is 9.53. The summed E-state index contributed by atoms with van der Waals surface area (Å²) in [6.07, 6.45) is -0.286. The first-order chi connectivity index (χ1) is 8.28. The fourth-order valence-electron chi connectivity index (χ4n) is 1.41. The Bertz CT molecular complexity index is 371. The van der Waals surface area contributed by atoms with Gasteiger partial charge in [-0.3, -0.25) is 0 Å². The third-order valence-electron chi connectivity index (χ3n) is 2.72. The van der Waals surface area contributed by atoms with Gasteiger partial charge in [-0.15, -0.1) is 11.8 Å². The average molecular weight is 267 g/mol. The molecule has 18 heavy (non-hydrogen) atoms. The second-order valence-corrected chi connectivity index (χ2v) is 7.27. The number of benzene rings is 1. The molecule has 0 spiro atoms. The van der Waals surface area contributed by atoms with Crippen molar-refractivity contribution >= 4 is 11.8 Å². The highest BCUT2D eigenvalue weighted by atomic mass is 32.2. The molecule has 0 saturated carbocycles. The van der Waals surface area contributed by atoms with Crippen LogP contribution in [0.4, 0.5) is 0 Å². The van der Waals surface area contributed by atoms with Crippen LogP contribution in [0.3, 0.4) is 0 Å². The molecule has 2 nitrogen and oxygen atoms in total. The van der Waals surface area contributed by atoms with E-state index in [0.717, 1.165) is 6.54 Å². The molecule has 0 saturated heterocycles. The molecule has 0 aliphatic heterocycles. The highest BCUT2D eigenvalue weighted by molar-refractivity contribution is 8.00. The van der Waals surface area contributed by atoms with Crippen LogP contribution in [0.5, 0.6) is 0 Å². The van der Waals surface area contributed by atoms with Crippen molar-refractivity contribution in [1.29, 1.82) is 0 Å². The van der Waals surface area contributed by atoms with Gasteiger partial charge >= 0.3 is 0 Å². The zero-order valence-electron chi connectivity index (χ0n) is 12.0. The van der Waals surface area contributed by atoms with Crippen LogP contribution in [0.25, 0.3) is 0 Å². The lowest BCUT2D eigenvalue weighted by atomic mass is 10.1. The lowest BCUT2D eigenvalue weighted by Crippen LogP contribution is -2.35. The molecule has 2 unspecified atom stereocenters. The normalized spacial score (nSPS) is 15.4. The Hall–Kier alpha value is -0.510. The number of hydrogen-bond donors (Lipinski definition) is 2. The van der Waals surface area contributed by atoms with Gasteiger partial charge < -0.3 is 10.4 Å². The summed E-state index contributed by atoms with van der Waals surface area (Å²) in [4.78, 5) is 1.22. The summed E-state index contributed by atoms with van der Waals surface area (Å²) in [5, 5.41) is 13.2. The summed E-state index contributed by atoms with van der Waals surface area (Å²) < 4.78 is 0. The Morgan fingerprint density at radius 1 is 1.28 bits per heavy atom. The van der Waals surface area contributed by atoms with Gasteiger partial charge in [-0.2, -0.15) is 0 Å². The lowest BCUT2D eigenvalue weighted by Gasteiger charge is -2.21. The second-order valence-electron chi connectivity index (χ2n) is 5.81. The van der Waals surface area contributed by atoms with Crippen molar-refractivity contribution in [3.05, 3.63) is 29.8 Å². The van der Waals surface area contributed by atoms with E-state index >= 15 is 0 Å². The van der Waals surface area contributed by atoms with Crippen LogP contribution in [0.1, 0.15) is 40.2 Å². The first-order valence-electron chi connectivity index (χ1n) is 6.46. The summed E-state index contributed by atoms with van der Waals surface area (Å²) >= 11 is 1.72. The minimum Gasteiger partial charge on any atom is -0.392 e. The summed E-state index contributed by atoms with van der Waals surface area (Å²) in [6.45, 7) is 11.3. The molecule has 0 amide bonds.